The van der Waals surface area contributed by atoms with Crippen LogP contribution in [0.1, 0.15) is 0 Å². The molecule has 0 saturated carbocycles. The van der Waals surface area contributed by atoms with Crippen molar-refractivity contribution in [2.45, 2.75) is 26.6 Å². The molecule has 10 heteroatoms. The molecule has 4 aromatic carbocycles. The first-order valence-corrected chi connectivity index (χ1v) is 37.0. The Balaban J connectivity index is 1.71. The van der Waals surface area contributed by atoms with Crippen molar-refractivity contribution in [3.05, 3.63) is 124 Å². The van der Waals surface area contributed by atoms with Crippen LogP contribution >= 0.6 is 0 Å². The maximum atomic E-state index is 7.63. The summed E-state index contributed by atoms with van der Waals surface area (Å²) in [7, 11) is 0. The first-order valence-electron chi connectivity index (χ1n) is 22.1. The van der Waals surface area contributed by atoms with E-state index in [9.17, 15) is 0 Å². The van der Waals surface area contributed by atoms with Gasteiger partial charge in [0.1, 0.15) is 0 Å². The van der Waals surface area contributed by atoms with Crippen molar-refractivity contribution in [3.63, 3.8) is 0 Å². The molecule has 1 aliphatic rings. The monoisotopic (exact) mass is 1020 g/mol. The Morgan fingerprint density at radius 2 is 0.667 bits per heavy atom. The standard InChI is InChI=1S/C32H39N7O.6C3H5.2Sn/c1-3-7-25-23(5-1)21-27-31-29(25)30-26-8-4-2-6-24(26)22-28(32(30)40-31)39-20-18-37-16-14-35-12-10-33-9-11-34-13-15-36-17-19-38-27;6*1-3-2;;/h1-8,33-39H,9-20H2;6*3H,1-2H2;;. The summed E-state index contributed by atoms with van der Waals surface area (Å²) in [5, 5.41) is 33.6. The molecule has 5 aromatic rings. The van der Waals surface area contributed by atoms with E-state index in [4.69, 9.17) is 4.42 Å². The molecule has 1 aliphatic heterocycles. The fourth-order valence-corrected chi connectivity index (χ4v) is 34.2. The van der Waals surface area contributed by atoms with E-state index in [1.54, 1.807) is 0 Å². The van der Waals surface area contributed by atoms with Crippen molar-refractivity contribution in [1.29, 1.82) is 0 Å². The van der Waals surface area contributed by atoms with Crippen LogP contribution in [0.3, 0.4) is 0 Å². The summed E-state index contributed by atoms with van der Waals surface area (Å²) < 4.78 is 16.3. The van der Waals surface area contributed by atoms with Crippen LogP contribution in [0.15, 0.2) is 129 Å². The summed E-state index contributed by atoms with van der Waals surface area (Å²) in [5.41, 5.74) is 4.13. The molecule has 1 aromatic heterocycles. The zero-order chi connectivity index (χ0) is 42.2. The number of allylic oxidation sites excluding steroid dienone is 6. The summed E-state index contributed by atoms with van der Waals surface area (Å²) in [6.45, 7) is 36.6. The molecule has 0 amide bonds. The molecule has 0 unspecified atom stereocenters. The second-order valence-electron chi connectivity index (χ2n) is 16.2. The summed E-state index contributed by atoms with van der Waals surface area (Å²) in [4.78, 5) is 0. The first kappa shape index (κ1) is 46.1. The zero-order valence-corrected chi connectivity index (χ0v) is 41.7. The molecule has 0 saturated heterocycles. The predicted molar refractivity (Wildman–Crippen MR) is 271 cm³/mol. The van der Waals surface area contributed by atoms with E-state index in [0.29, 0.717) is 0 Å². The number of hydrogen-bond acceptors (Lipinski definition) is 8. The van der Waals surface area contributed by atoms with Gasteiger partial charge in [0.2, 0.25) is 0 Å². The van der Waals surface area contributed by atoms with E-state index in [1.807, 2.05) is 0 Å². The minimum atomic E-state index is -3.42. The van der Waals surface area contributed by atoms with Crippen molar-refractivity contribution >= 4 is 98.8 Å². The molecule has 60 heavy (non-hydrogen) atoms. The van der Waals surface area contributed by atoms with E-state index < -0.39 is 36.8 Å². The SMILES string of the molecule is C=C[CH2][Sn]([CH2]C=C)([CH2]C=C)[c]1c2c3oc4c([c]([Sn]([CH2]C=C)([CH2]C=C)[CH2]C=C)c5ccccc5c4c3c3ccccc13)NCCNCCNCCNCCNCCNCCN2. The minimum absolute atomic E-state index is 0.755. The van der Waals surface area contributed by atoms with Crippen LogP contribution < -0.4 is 44.4 Å². The number of anilines is 2. The van der Waals surface area contributed by atoms with Gasteiger partial charge < -0.3 is 0 Å². The Hall–Kier alpha value is -3.36. The van der Waals surface area contributed by atoms with Crippen LogP contribution in [0.2, 0.25) is 26.6 Å². The number of nitrogens with one attached hydrogen (secondary N) is 7. The van der Waals surface area contributed by atoms with Gasteiger partial charge in [-0.25, -0.2) is 0 Å². The summed E-state index contributed by atoms with van der Waals surface area (Å²) in [6, 6.07) is 18.1. The van der Waals surface area contributed by atoms with Gasteiger partial charge in [-0.15, -0.1) is 0 Å². The Morgan fingerprint density at radius 1 is 0.400 bits per heavy atom. The molecule has 6 rings (SSSR count). The molecular weight excluding hydrogens is 952 g/mol. The van der Waals surface area contributed by atoms with E-state index in [-0.39, 0.29) is 0 Å². The van der Waals surface area contributed by atoms with E-state index in [1.165, 1.54) is 39.5 Å². The molecule has 7 N–H and O–H groups in total. The van der Waals surface area contributed by atoms with Crippen molar-refractivity contribution < 1.29 is 4.42 Å². The Morgan fingerprint density at radius 3 is 0.950 bits per heavy atom. The molecular formula is C50H69N7OSn2. The van der Waals surface area contributed by atoms with Crippen LogP contribution in [0.4, 0.5) is 11.4 Å². The van der Waals surface area contributed by atoms with Crippen LogP contribution in [-0.4, -0.2) is 115 Å². The number of benzene rings is 4. The normalized spacial score (nSPS) is 15.9. The van der Waals surface area contributed by atoms with E-state index >= 15 is 0 Å². The van der Waals surface area contributed by atoms with Crippen LogP contribution in [0.5, 0.6) is 0 Å². The quantitative estimate of drug-likeness (QED) is 0.0444. The van der Waals surface area contributed by atoms with Crippen molar-refractivity contribution in [3.8, 4) is 0 Å². The third-order valence-corrected chi connectivity index (χ3v) is 39.5. The van der Waals surface area contributed by atoms with Crippen molar-refractivity contribution in [2.75, 3.05) is 89.2 Å². The van der Waals surface area contributed by atoms with Crippen molar-refractivity contribution in [2.24, 2.45) is 0 Å². The summed E-state index contributed by atoms with van der Waals surface area (Å²) >= 11 is -6.84. The average Bonchev–Trinajstić information content (AvgIpc) is 3.66. The van der Waals surface area contributed by atoms with Gasteiger partial charge in [-0.1, -0.05) is 0 Å². The number of fused-ring (bicyclic) bond motifs is 5. The van der Waals surface area contributed by atoms with Gasteiger partial charge in [0.05, 0.1) is 0 Å². The van der Waals surface area contributed by atoms with Crippen LogP contribution in [0, 0.1) is 0 Å². The zero-order valence-electron chi connectivity index (χ0n) is 36.0. The van der Waals surface area contributed by atoms with E-state index in [2.05, 4.69) is 162 Å². The van der Waals surface area contributed by atoms with Gasteiger partial charge in [0.15, 0.2) is 0 Å². The van der Waals surface area contributed by atoms with Gasteiger partial charge in [0.25, 0.3) is 0 Å². The summed E-state index contributed by atoms with van der Waals surface area (Å²) in [5.74, 6) is 0. The molecule has 2 heterocycles. The third kappa shape index (κ3) is 10.1. The molecule has 2 bridgehead atoms. The van der Waals surface area contributed by atoms with E-state index in [0.717, 1.165) is 128 Å². The topological polar surface area (TPSA) is 97.4 Å². The molecule has 0 spiro atoms. The van der Waals surface area contributed by atoms with Gasteiger partial charge in [-0.2, -0.15) is 0 Å². The second-order valence-corrected chi connectivity index (χ2v) is 40.7. The number of hydrogen-bond donors (Lipinski definition) is 7. The summed E-state index contributed by atoms with van der Waals surface area (Å²) in [6.07, 6.45) is 12.9. The molecule has 0 aliphatic carbocycles. The number of furan rings is 1. The Bertz CT molecular complexity index is 2070. The molecule has 0 fully saturated rings. The maximum absolute atomic E-state index is 7.63. The first-order chi connectivity index (χ1) is 29.5. The molecule has 318 valence electrons. The van der Waals surface area contributed by atoms with Crippen LogP contribution in [0.25, 0.3) is 43.5 Å². The third-order valence-electron chi connectivity index (χ3n) is 12.2. The predicted octanol–water partition coefficient (Wildman–Crippen LogP) is 8.11. The van der Waals surface area contributed by atoms with Crippen molar-refractivity contribution in [1.82, 2.24) is 26.6 Å². The average molecular weight is 1020 g/mol. The number of rotatable bonds is 14. The van der Waals surface area contributed by atoms with Gasteiger partial charge in [-0.05, 0) is 0 Å². The Labute approximate surface area is 367 Å². The molecule has 8 nitrogen and oxygen atoms in total. The van der Waals surface area contributed by atoms with Gasteiger partial charge in [-0.3, -0.25) is 0 Å². The second kappa shape index (κ2) is 23.2. The van der Waals surface area contributed by atoms with Gasteiger partial charge >= 0.3 is 370 Å². The Kier molecular flexibility index (Phi) is 17.8. The molecule has 0 atom stereocenters. The van der Waals surface area contributed by atoms with Gasteiger partial charge in [0, 0.05) is 0 Å². The fourth-order valence-electron chi connectivity index (χ4n) is 9.72. The van der Waals surface area contributed by atoms with Crippen LogP contribution in [-0.2, 0) is 0 Å². The molecule has 0 radical (unpaired) electrons. The fraction of sp³-hybridized carbons (Fsp3) is 0.360.